The van der Waals surface area contributed by atoms with E-state index in [1.807, 2.05) is 0 Å². The highest BCUT2D eigenvalue weighted by Gasteiger charge is 2.31. The van der Waals surface area contributed by atoms with Crippen molar-refractivity contribution in [2.24, 2.45) is 0 Å². The lowest BCUT2D eigenvalue weighted by atomic mass is 10.2. The number of hydrogen-bond acceptors (Lipinski definition) is 2. The first-order valence-corrected chi connectivity index (χ1v) is 3.87. The van der Waals surface area contributed by atoms with Gasteiger partial charge in [0.1, 0.15) is 5.75 Å². The Kier molecular flexibility index (Phi) is 1.69. The first-order valence-electron chi connectivity index (χ1n) is 3.87. The predicted molar refractivity (Wildman–Crippen MR) is 45.4 cm³/mol. The van der Waals surface area contributed by atoms with Gasteiger partial charge in [0.2, 0.25) is 0 Å². The van der Waals surface area contributed by atoms with E-state index in [-0.39, 0.29) is 0 Å². The van der Waals surface area contributed by atoms with Gasteiger partial charge in [-0.05, 0) is 12.1 Å². The fraction of sp³-hybridized carbons (Fsp3) is 0.222. The second kappa shape index (κ2) is 2.73. The molecule has 1 aromatic rings. The van der Waals surface area contributed by atoms with Gasteiger partial charge in [0.05, 0.1) is 5.69 Å². The topological polar surface area (TPSA) is 29.5 Å². The summed E-state index contributed by atoms with van der Waals surface area (Å²) in [5.41, 5.74) is 0.599. The van der Waals surface area contributed by atoms with E-state index in [0.29, 0.717) is 11.4 Å². The number of fused-ring (bicyclic) bond motifs is 1. The molecule has 2 rings (SSSR count). The average Bonchev–Trinajstić information content (AvgIpc) is 2.15. The molecule has 0 bridgehead atoms. The number of amides is 1. The molecular formula is C9H8FNO2. The molecule has 1 unspecified atom stereocenters. The Balaban J connectivity index is 2.49. The monoisotopic (exact) mass is 181 g/mol. The van der Waals surface area contributed by atoms with E-state index < -0.39 is 12.3 Å². The van der Waals surface area contributed by atoms with Gasteiger partial charge in [-0.1, -0.05) is 12.1 Å². The standard InChI is InChI=1S/C9H8FNO2/c1-11-6-4-2-3-5-7(6)13-8(10)9(11)12/h2-5,8H,1H3. The van der Waals surface area contributed by atoms with Crippen LogP contribution in [0.15, 0.2) is 24.3 Å². The van der Waals surface area contributed by atoms with Crippen molar-refractivity contribution in [2.45, 2.75) is 6.36 Å². The van der Waals surface area contributed by atoms with E-state index in [1.165, 1.54) is 11.9 Å². The fourth-order valence-electron chi connectivity index (χ4n) is 1.27. The Morgan fingerprint density at radius 3 is 2.92 bits per heavy atom. The molecule has 1 aliphatic rings. The van der Waals surface area contributed by atoms with Gasteiger partial charge in [0.25, 0.3) is 0 Å². The summed E-state index contributed by atoms with van der Waals surface area (Å²) in [6.07, 6.45) is -1.88. The second-order valence-electron chi connectivity index (χ2n) is 2.80. The van der Waals surface area contributed by atoms with Crippen LogP contribution in [0, 0.1) is 0 Å². The van der Waals surface area contributed by atoms with Crippen molar-refractivity contribution in [3.8, 4) is 5.75 Å². The van der Waals surface area contributed by atoms with Crippen molar-refractivity contribution in [2.75, 3.05) is 11.9 Å². The van der Waals surface area contributed by atoms with Crippen LogP contribution in [0.3, 0.4) is 0 Å². The minimum absolute atomic E-state index is 0.400. The molecular weight excluding hydrogens is 173 g/mol. The number of anilines is 1. The third kappa shape index (κ3) is 1.14. The van der Waals surface area contributed by atoms with Crippen molar-refractivity contribution >= 4 is 11.6 Å². The van der Waals surface area contributed by atoms with Gasteiger partial charge in [-0.25, -0.2) is 0 Å². The maximum Gasteiger partial charge on any atom is 0.317 e. The number of ether oxygens (including phenoxy) is 1. The lowest BCUT2D eigenvalue weighted by Crippen LogP contribution is -2.41. The maximum absolute atomic E-state index is 12.9. The van der Waals surface area contributed by atoms with E-state index in [4.69, 9.17) is 4.74 Å². The third-order valence-corrected chi connectivity index (χ3v) is 1.98. The quantitative estimate of drug-likeness (QED) is 0.604. The Morgan fingerprint density at radius 1 is 1.46 bits per heavy atom. The van der Waals surface area contributed by atoms with E-state index in [0.717, 1.165) is 0 Å². The Bertz CT molecular complexity index is 353. The Hall–Kier alpha value is -1.58. The zero-order valence-electron chi connectivity index (χ0n) is 7.03. The molecule has 1 aromatic carbocycles. The smallest absolute Gasteiger partial charge is 0.317 e. The summed E-state index contributed by atoms with van der Waals surface area (Å²) in [6.45, 7) is 0. The molecule has 3 nitrogen and oxygen atoms in total. The summed E-state index contributed by atoms with van der Waals surface area (Å²) in [5, 5.41) is 0. The van der Waals surface area contributed by atoms with Gasteiger partial charge in [0.15, 0.2) is 0 Å². The zero-order chi connectivity index (χ0) is 9.42. The van der Waals surface area contributed by atoms with Crippen LogP contribution in [0.25, 0.3) is 0 Å². The first-order chi connectivity index (χ1) is 6.20. The number of para-hydroxylation sites is 2. The molecule has 13 heavy (non-hydrogen) atoms. The highest BCUT2D eigenvalue weighted by Crippen LogP contribution is 2.32. The maximum atomic E-state index is 12.9. The summed E-state index contributed by atoms with van der Waals surface area (Å²) in [7, 11) is 1.52. The third-order valence-electron chi connectivity index (χ3n) is 1.98. The number of carbonyl (C=O) groups is 1. The molecule has 0 aliphatic carbocycles. The Morgan fingerprint density at radius 2 is 2.15 bits per heavy atom. The molecule has 68 valence electrons. The summed E-state index contributed by atoms with van der Waals surface area (Å²) in [5.74, 6) is -0.268. The van der Waals surface area contributed by atoms with Crippen LogP contribution in [-0.4, -0.2) is 19.3 Å². The summed E-state index contributed by atoms with van der Waals surface area (Å²) >= 11 is 0. The fourth-order valence-corrected chi connectivity index (χ4v) is 1.27. The van der Waals surface area contributed by atoms with E-state index >= 15 is 0 Å². The Labute approximate surface area is 74.7 Å². The van der Waals surface area contributed by atoms with Gasteiger partial charge >= 0.3 is 12.3 Å². The van der Waals surface area contributed by atoms with Crippen LogP contribution in [0.4, 0.5) is 10.1 Å². The number of rotatable bonds is 0. The normalized spacial score (nSPS) is 20.9. The highest BCUT2D eigenvalue weighted by atomic mass is 19.1. The number of hydrogen-bond donors (Lipinski definition) is 0. The molecule has 0 fully saturated rings. The molecule has 0 spiro atoms. The number of alkyl halides is 1. The summed E-state index contributed by atoms with van der Waals surface area (Å²) in [6, 6.07) is 6.84. The van der Waals surface area contributed by atoms with Gasteiger partial charge < -0.3 is 9.64 Å². The summed E-state index contributed by atoms with van der Waals surface area (Å²) < 4.78 is 17.6. The number of benzene rings is 1. The molecule has 4 heteroatoms. The molecule has 1 amide bonds. The summed E-state index contributed by atoms with van der Waals surface area (Å²) in [4.78, 5) is 12.4. The molecule has 0 saturated carbocycles. The number of likely N-dealkylation sites (N-methyl/N-ethyl adjacent to an activating group) is 1. The van der Waals surface area contributed by atoms with Gasteiger partial charge in [0, 0.05) is 7.05 Å². The predicted octanol–water partition coefficient (Wildman–Crippen LogP) is 1.34. The van der Waals surface area contributed by atoms with Crippen molar-refractivity contribution in [1.29, 1.82) is 0 Å². The molecule has 1 aliphatic heterocycles. The van der Waals surface area contributed by atoms with Crippen LogP contribution in [0.1, 0.15) is 0 Å². The average molecular weight is 181 g/mol. The van der Waals surface area contributed by atoms with Gasteiger partial charge in [-0.2, -0.15) is 4.39 Å². The lowest BCUT2D eigenvalue weighted by Gasteiger charge is -2.27. The van der Waals surface area contributed by atoms with Crippen LogP contribution in [0.5, 0.6) is 5.75 Å². The van der Waals surface area contributed by atoms with E-state index in [2.05, 4.69) is 0 Å². The SMILES string of the molecule is CN1C(=O)C(F)Oc2ccccc21. The van der Waals surface area contributed by atoms with Crippen LogP contribution in [0.2, 0.25) is 0 Å². The van der Waals surface area contributed by atoms with Crippen molar-refractivity contribution < 1.29 is 13.9 Å². The van der Waals surface area contributed by atoms with E-state index in [9.17, 15) is 9.18 Å². The largest absolute Gasteiger partial charge is 0.450 e. The zero-order valence-corrected chi connectivity index (χ0v) is 7.03. The first kappa shape index (κ1) is 8.04. The van der Waals surface area contributed by atoms with Gasteiger partial charge in [-0.15, -0.1) is 0 Å². The minimum atomic E-state index is -1.88. The molecule has 1 atom stereocenters. The molecule has 0 N–H and O–H groups in total. The van der Waals surface area contributed by atoms with Crippen molar-refractivity contribution in [1.82, 2.24) is 0 Å². The molecule has 0 saturated heterocycles. The van der Waals surface area contributed by atoms with E-state index in [1.54, 1.807) is 24.3 Å². The van der Waals surface area contributed by atoms with Crippen LogP contribution in [-0.2, 0) is 4.79 Å². The van der Waals surface area contributed by atoms with Crippen LogP contribution < -0.4 is 9.64 Å². The molecule has 0 radical (unpaired) electrons. The molecule has 1 heterocycles. The van der Waals surface area contributed by atoms with Gasteiger partial charge in [-0.3, -0.25) is 4.79 Å². The molecule has 0 aromatic heterocycles. The number of nitrogens with zero attached hydrogens (tertiary/aromatic N) is 1. The van der Waals surface area contributed by atoms with Crippen LogP contribution >= 0.6 is 0 Å². The lowest BCUT2D eigenvalue weighted by molar-refractivity contribution is -0.133. The number of halogens is 1. The van der Waals surface area contributed by atoms with Crippen molar-refractivity contribution in [3.05, 3.63) is 24.3 Å². The van der Waals surface area contributed by atoms with Crippen molar-refractivity contribution in [3.63, 3.8) is 0 Å². The minimum Gasteiger partial charge on any atom is -0.450 e. The highest BCUT2D eigenvalue weighted by molar-refractivity contribution is 5.98. The second-order valence-corrected chi connectivity index (χ2v) is 2.80. The number of carbonyl (C=O) groups excluding carboxylic acids is 1.